The molecular formula is C14H17NO4. The van der Waals surface area contributed by atoms with Crippen molar-refractivity contribution in [3.8, 4) is 5.75 Å². The van der Waals surface area contributed by atoms with Crippen molar-refractivity contribution in [2.75, 3.05) is 18.6 Å². The number of para-hydroxylation sites is 2. The van der Waals surface area contributed by atoms with Crippen molar-refractivity contribution >= 4 is 17.6 Å². The Hall–Kier alpha value is -2.04. The van der Waals surface area contributed by atoms with Crippen molar-refractivity contribution in [3.63, 3.8) is 0 Å². The first-order chi connectivity index (χ1) is 9.04. The monoisotopic (exact) mass is 263 g/mol. The molecule has 1 atom stereocenters. The maximum atomic E-state index is 12.4. The summed E-state index contributed by atoms with van der Waals surface area (Å²) in [5, 5.41) is 0. The SMILES string of the molecule is COC(=O)CN1C(=O)C(C(C)C)Oc2ccccc21. The van der Waals surface area contributed by atoms with E-state index in [1.165, 1.54) is 12.0 Å². The molecule has 0 aromatic heterocycles. The van der Waals surface area contributed by atoms with Crippen LogP contribution >= 0.6 is 0 Å². The average Bonchev–Trinajstić information content (AvgIpc) is 2.41. The van der Waals surface area contributed by atoms with Crippen LogP contribution in [0.15, 0.2) is 24.3 Å². The summed E-state index contributed by atoms with van der Waals surface area (Å²) in [6, 6.07) is 7.19. The van der Waals surface area contributed by atoms with Crippen molar-refractivity contribution < 1.29 is 19.1 Å². The van der Waals surface area contributed by atoms with Crippen molar-refractivity contribution in [1.82, 2.24) is 0 Å². The first-order valence-corrected chi connectivity index (χ1v) is 6.18. The summed E-state index contributed by atoms with van der Waals surface area (Å²) in [5.41, 5.74) is 0.606. The maximum Gasteiger partial charge on any atom is 0.325 e. The first kappa shape index (κ1) is 13.4. The summed E-state index contributed by atoms with van der Waals surface area (Å²) in [6.07, 6.45) is -0.570. The summed E-state index contributed by atoms with van der Waals surface area (Å²) in [4.78, 5) is 25.3. The van der Waals surface area contributed by atoms with E-state index in [4.69, 9.17) is 4.74 Å². The van der Waals surface area contributed by atoms with Gasteiger partial charge in [0.15, 0.2) is 6.10 Å². The molecule has 1 aromatic carbocycles. The van der Waals surface area contributed by atoms with E-state index in [9.17, 15) is 9.59 Å². The highest BCUT2D eigenvalue weighted by atomic mass is 16.5. The fraction of sp³-hybridized carbons (Fsp3) is 0.429. The molecule has 1 aromatic rings. The minimum atomic E-state index is -0.570. The Bertz CT molecular complexity index is 498. The van der Waals surface area contributed by atoms with Gasteiger partial charge in [-0.1, -0.05) is 26.0 Å². The minimum Gasteiger partial charge on any atom is -0.478 e. The van der Waals surface area contributed by atoms with Gasteiger partial charge in [-0.15, -0.1) is 0 Å². The number of carbonyl (C=O) groups excluding carboxylic acids is 2. The number of hydrogen-bond acceptors (Lipinski definition) is 4. The lowest BCUT2D eigenvalue weighted by Gasteiger charge is -2.35. The van der Waals surface area contributed by atoms with Crippen LogP contribution in [0.25, 0.3) is 0 Å². The molecule has 0 spiro atoms. The standard InChI is InChI=1S/C14H17NO4/c1-9(2)13-14(17)15(8-12(16)18-3)10-6-4-5-7-11(10)19-13/h4-7,9,13H,8H2,1-3H3. The van der Waals surface area contributed by atoms with Gasteiger partial charge in [0.1, 0.15) is 12.3 Å². The number of esters is 1. The molecular weight excluding hydrogens is 246 g/mol. The number of methoxy groups -OCH3 is 1. The van der Waals surface area contributed by atoms with Gasteiger partial charge in [-0.05, 0) is 18.1 Å². The van der Waals surface area contributed by atoms with E-state index < -0.39 is 12.1 Å². The largest absolute Gasteiger partial charge is 0.478 e. The third-order valence-corrected chi connectivity index (χ3v) is 3.04. The molecule has 1 aliphatic rings. The second-order valence-electron chi connectivity index (χ2n) is 4.75. The predicted molar refractivity (Wildman–Crippen MR) is 70.1 cm³/mol. The zero-order valence-corrected chi connectivity index (χ0v) is 11.3. The molecule has 5 heteroatoms. The molecule has 19 heavy (non-hydrogen) atoms. The van der Waals surface area contributed by atoms with Gasteiger partial charge in [-0.25, -0.2) is 0 Å². The molecule has 1 aliphatic heterocycles. The van der Waals surface area contributed by atoms with E-state index >= 15 is 0 Å². The van der Waals surface area contributed by atoms with Crippen molar-refractivity contribution in [2.45, 2.75) is 20.0 Å². The topological polar surface area (TPSA) is 55.8 Å². The summed E-state index contributed by atoms with van der Waals surface area (Å²) >= 11 is 0. The van der Waals surface area contributed by atoms with Crippen molar-refractivity contribution in [2.24, 2.45) is 5.92 Å². The Morgan fingerprint density at radius 2 is 2.11 bits per heavy atom. The lowest BCUT2D eigenvalue weighted by Crippen LogP contribution is -2.50. The fourth-order valence-corrected chi connectivity index (χ4v) is 2.02. The van der Waals surface area contributed by atoms with Gasteiger partial charge in [0.05, 0.1) is 12.8 Å². The Morgan fingerprint density at radius 1 is 1.42 bits per heavy atom. The maximum absolute atomic E-state index is 12.4. The first-order valence-electron chi connectivity index (χ1n) is 6.18. The molecule has 0 saturated heterocycles. The molecule has 1 heterocycles. The van der Waals surface area contributed by atoms with Gasteiger partial charge in [0.25, 0.3) is 5.91 Å². The number of ether oxygens (including phenoxy) is 2. The Balaban J connectivity index is 2.38. The van der Waals surface area contributed by atoms with Crippen molar-refractivity contribution in [1.29, 1.82) is 0 Å². The number of amides is 1. The Morgan fingerprint density at radius 3 is 2.74 bits per heavy atom. The van der Waals surface area contributed by atoms with Crippen LogP contribution in [0.3, 0.4) is 0 Å². The summed E-state index contributed by atoms with van der Waals surface area (Å²) < 4.78 is 10.3. The van der Waals surface area contributed by atoms with Gasteiger partial charge >= 0.3 is 5.97 Å². The van der Waals surface area contributed by atoms with Crippen LogP contribution in [0, 0.1) is 5.92 Å². The number of nitrogens with zero attached hydrogens (tertiary/aromatic N) is 1. The van der Waals surface area contributed by atoms with E-state index in [0.29, 0.717) is 11.4 Å². The van der Waals surface area contributed by atoms with Crippen LogP contribution in [0.2, 0.25) is 0 Å². The molecule has 1 amide bonds. The molecule has 0 N–H and O–H groups in total. The third kappa shape index (κ3) is 2.54. The number of anilines is 1. The Kier molecular flexibility index (Phi) is 3.74. The van der Waals surface area contributed by atoms with Crippen LogP contribution in [0.5, 0.6) is 5.75 Å². The summed E-state index contributed by atoms with van der Waals surface area (Å²) in [7, 11) is 1.30. The smallest absolute Gasteiger partial charge is 0.325 e. The molecule has 0 fully saturated rings. The Labute approximate surface area is 112 Å². The second kappa shape index (κ2) is 5.30. The highest BCUT2D eigenvalue weighted by Crippen LogP contribution is 2.35. The molecule has 2 rings (SSSR count). The lowest BCUT2D eigenvalue weighted by atomic mass is 10.0. The number of benzene rings is 1. The molecule has 0 aliphatic carbocycles. The predicted octanol–water partition coefficient (Wildman–Crippen LogP) is 1.61. The highest BCUT2D eigenvalue weighted by Gasteiger charge is 2.37. The van der Waals surface area contributed by atoms with Crippen LogP contribution < -0.4 is 9.64 Å². The molecule has 1 unspecified atom stereocenters. The van der Waals surface area contributed by atoms with E-state index in [-0.39, 0.29) is 18.4 Å². The second-order valence-corrected chi connectivity index (χ2v) is 4.75. The third-order valence-electron chi connectivity index (χ3n) is 3.04. The normalized spacial score (nSPS) is 18.0. The summed E-state index contributed by atoms with van der Waals surface area (Å²) in [5.74, 6) is -0.0163. The molecule has 0 radical (unpaired) electrons. The number of fused-ring (bicyclic) bond motifs is 1. The minimum absolute atomic E-state index is 0.0287. The molecule has 5 nitrogen and oxygen atoms in total. The number of hydrogen-bond donors (Lipinski definition) is 0. The average molecular weight is 263 g/mol. The van der Waals surface area contributed by atoms with Crippen molar-refractivity contribution in [3.05, 3.63) is 24.3 Å². The van der Waals surface area contributed by atoms with E-state index in [1.807, 2.05) is 19.9 Å². The van der Waals surface area contributed by atoms with Crippen LogP contribution in [-0.2, 0) is 14.3 Å². The van der Waals surface area contributed by atoms with Crippen LogP contribution in [0.1, 0.15) is 13.8 Å². The quantitative estimate of drug-likeness (QED) is 0.777. The van der Waals surface area contributed by atoms with Gasteiger partial charge in [-0.3, -0.25) is 14.5 Å². The highest BCUT2D eigenvalue weighted by molar-refractivity contribution is 6.03. The number of carbonyl (C=O) groups is 2. The lowest BCUT2D eigenvalue weighted by molar-refractivity contribution is -0.141. The number of rotatable bonds is 3. The van der Waals surface area contributed by atoms with E-state index in [0.717, 1.165) is 0 Å². The van der Waals surface area contributed by atoms with E-state index in [2.05, 4.69) is 4.74 Å². The zero-order valence-electron chi connectivity index (χ0n) is 11.3. The molecule has 0 bridgehead atoms. The van der Waals surface area contributed by atoms with Crippen LogP contribution in [-0.4, -0.2) is 31.6 Å². The van der Waals surface area contributed by atoms with Gasteiger partial charge in [-0.2, -0.15) is 0 Å². The van der Waals surface area contributed by atoms with E-state index in [1.54, 1.807) is 18.2 Å². The fourth-order valence-electron chi connectivity index (χ4n) is 2.02. The molecule has 102 valence electrons. The summed E-state index contributed by atoms with van der Waals surface area (Å²) in [6.45, 7) is 3.72. The zero-order chi connectivity index (χ0) is 14.0. The van der Waals surface area contributed by atoms with Gasteiger partial charge in [0.2, 0.25) is 0 Å². The van der Waals surface area contributed by atoms with Gasteiger partial charge in [0, 0.05) is 0 Å². The molecule has 0 saturated carbocycles. The van der Waals surface area contributed by atoms with Gasteiger partial charge < -0.3 is 9.47 Å². The van der Waals surface area contributed by atoms with Crippen LogP contribution in [0.4, 0.5) is 5.69 Å².